The Labute approximate surface area is 232 Å². The van der Waals surface area contributed by atoms with E-state index in [9.17, 15) is 0 Å². The van der Waals surface area contributed by atoms with Crippen molar-refractivity contribution in [3.8, 4) is 0 Å². The van der Waals surface area contributed by atoms with Gasteiger partial charge in [-0.15, -0.1) is 0 Å². The molecular weight excluding hydrogens is 509 g/mol. The molecule has 0 N–H and O–H groups in total. The number of benzene rings is 4. The molecule has 0 spiro atoms. The molecule has 0 aliphatic rings. The fraction of sp³-hybridized carbons (Fsp3) is 0.273. The summed E-state index contributed by atoms with van der Waals surface area (Å²) in [4.78, 5) is 0. The molecule has 4 rings (SSSR count). The first-order chi connectivity index (χ1) is 17.6. The third-order valence-electron chi connectivity index (χ3n) is 8.04. The Morgan fingerprint density at radius 3 is 0.595 bits per heavy atom. The first-order valence-electron chi connectivity index (χ1n) is 14.1. The highest BCUT2D eigenvalue weighted by Crippen LogP contribution is 2.44. The van der Waals surface area contributed by atoms with Crippen molar-refractivity contribution in [2.75, 3.05) is 0 Å². The van der Waals surface area contributed by atoms with Gasteiger partial charge in [-0.1, -0.05) is 170 Å². The lowest BCUT2D eigenvalue weighted by Gasteiger charge is -2.37. The molecule has 0 amide bonds. The molecule has 37 heavy (non-hydrogen) atoms. The van der Waals surface area contributed by atoms with Crippen molar-refractivity contribution in [1.82, 2.24) is 0 Å². The molecule has 0 aliphatic carbocycles. The Morgan fingerprint density at radius 2 is 0.459 bits per heavy atom. The summed E-state index contributed by atoms with van der Waals surface area (Å²) in [7, 11) is -3.46. The third-order valence-corrected chi connectivity index (χ3v) is 14.9. The van der Waals surface area contributed by atoms with Crippen LogP contribution in [0.15, 0.2) is 97.1 Å². The summed E-state index contributed by atoms with van der Waals surface area (Å²) in [6.45, 7) is 19.3. The summed E-state index contributed by atoms with van der Waals surface area (Å²) < 4.78 is 0. The topological polar surface area (TPSA) is 0 Å². The molecule has 0 radical (unpaired) electrons. The molecule has 0 heterocycles. The van der Waals surface area contributed by atoms with Crippen LogP contribution in [0.1, 0.15) is 22.3 Å². The van der Waals surface area contributed by atoms with Crippen LogP contribution in [0.5, 0.6) is 0 Å². The Hall–Kier alpha value is -2.25. The van der Waals surface area contributed by atoms with Gasteiger partial charge in [0.05, 0.1) is 40.6 Å². The largest absolute Gasteiger partial charge is 0.0701 e. The van der Waals surface area contributed by atoms with E-state index in [4.69, 9.17) is 0 Å². The van der Waals surface area contributed by atoms with E-state index in [1.165, 1.54) is 43.0 Å². The molecule has 0 nitrogen and oxygen atoms in total. The molecule has 0 atom stereocenters. The predicted octanol–water partition coefficient (Wildman–Crippen LogP) is 4.84. The standard InChI is InChI=1S/C33H44Si4/c1-34(2)29-17-9-25(10-18-29)33(26-11-19-30(20-12-26)35(3)4,27-13-21-31(22-14-27)36(5)6)28-15-23-32(24-16-28)37(7)8/h9-24,34-37H,1-8H3. The maximum Gasteiger partial charge on any atom is 0.0701 e. The molecule has 4 heteroatoms. The summed E-state index contributed by atoms with van der Waals surface area (Å²) in [6.07, 6.45) is 0. The van der Waals surface area contributed by atoms with Gasteiger partial charge in [0, 0.05) is 0 Å². The van der Waals surface area contributed by atoms with Crippen molar-refractivity contribution in [3.05, 3.63) is 119 Å². The zero-order valence-electron chi connectivity index (χ0n) is 24.0. The zero-order valence-corrected chi connectivity index (χ0v) is 28.7. The molecule has 0 saturated carbocycles. The highest BCUT2D eigenvalue weighted by atomic mass is 28.3. The SMILES string of the molecule is C[SiH](C)c1ccc(C(c2ccc([SiH](C)C)cc2)(c2ccc([SiH](C)C)cc2)c2ccc([SiH](C)C)cc2)cc1. The van der Waals surface area contributed by atoms with Crippen LogP contribution in [0.2, 0.25) is 52.4 Å². The highest BCUT2D eigenvalue weighted by molar-refractivity contribution is 6.71. The Bertz CT molecular complexity index is 1070. The molecule has 0 fully saturated rings. The van der Waals surface area contributed by atoms with E-state index < -0.39 is 35.2 Å². The molecular formula is C33H44Si4. The zero-order chi connectivity index (χ0) is 26.7. The third kappa shape index (κ3) is 5.63. The second-order valence-electron chi connectivity index (χ2n) is 11.9. The van der Waals surface area contributed by atoms with Crippen LogP contribution in [0.25, 0.3) is 0 Å². The lowest BCUT2D eigenvalue weighted by Crippen LogP contribution is -2.34. The number of rotatable bonds is 8. The van der Waals surface area contributed by atoms with Gasteiger partial charge >= 0.3 is 0 Å². The lowest BCUT2D eigenvalue weighted by molar-refractivity contribution is 0.746. The van der Waals surface area contributed by atoms with Gasteiger partial charge in [0.1, 0.15) is 0 Å². The van der Waals surface area contributed by atoms with Crippen LogP contribution >= 0.6 is 0 Å². The van der Waals surface area contributed by atoms with E-state index in [2.05, 4.69) is 149 Å². The lowest BCUT2D eigenvalue weighted by atomic mass is 9.65. The van der Waals surface area contributed by atoms with Gasteiger partial charge in [-0.3, -0.25) is 0 Å². The molecule has 0 aromatic heterocycles. The fourth-order valence-corrected chi connectivity index (χ4v) is 9.32. The van der Waals surface area contributed by atoms with Crippen molar-refractivity contribution in [2.24, 2.45) is 0 Å². The van der Waals surface area contributed by atoms with Gasteiger partial charge in [-0.25, -0.2) is 0 Å². The summed E-state index contributed by atoms with van der Waals surface area (Å²) >= 11 is 0. The van der Waals surface area contributed by atoms with Gasteiger partial charge in [0.15, 0.2) is 0 Å². The average molecular weight is 553 g/mol. The van der Waals surface area contributed by atoms with E-state index in [0.29, 0.717) is 0 Å². The summed E-state index contributed by atoms with van der Waals surface area (Å²) in [6, 6.07) is 38.6. The smallest absolute Gasteiger partial charge is 0.0682 e. The normalized spacial score (nSPS) is 12.2. The van der Waals surface area contributed by atoms with Crippen molar-refractivity contribution >= 4 is 55.9 Å². The van der Waals surface area contributed by atoms with Crippen molar-refractivity contribution < 1.29 is 0 Å². The predicted molar refractivity (Wildman–Crippen MR) is 179 cm³/mol. The van der Waals surface area contributed by atoms with Gasteiger partial charge in [-0.05, 0) is 22.3 Å². The second-order valence-corrected chi connectivity index (χ2v) is 23.8. The van der Waals surface area contributed by atoms with Crippen LogP contribution in [-0.4, -0.2) is 35.2 Å². The van der Waals surface area contributed by atoms with Crippen LogP contribution in [0.4, 0.5) is 0 Å². The van der Waals surface area contributed by atoms with Gasteiger partial charge in [-0.2, -0.15) is 0 Å². The van der Waals surface area contributed by atoms with E-state index in [1.807, 2.05) is 0 Å². The molecule has 0 bridgehead atoms. The monoisotopic (exact) mass is 552 g/mol. The number of hydrogen-bond donors (Lipinski definition) is 0. The maximum atomic E-state index is 2.42. The molecule has 0 aliphatic heterocycles. The molecule has 192 valence electrons. The van der Waals surface area contributed by atoms with E-state index >= 15 is 0 Å². The summed E-state index contributed by atoms with van der Waals surface area (Å²) in [5.41, 5.74) is 5.12. The van der Waals surface area contributed by atoms with Gasteiger partial charge in [0.25, 0.3) is 0 Å². The minimum Gasteiger partial charge on any atom is -0.0682 e. The van der Waals surface area contributed by atoms with Crippen LogP contribution < -0.4 is 20.7 Å². The first kappa shape index (κ1) is 27.8. The molecule has 4 aromatic rings. The molecule has 0 unspecified atom stereocenters. The Morgan fingerprint density at radius 1 is 0.297 bits per heavy atom. The van der Waals surface area contributed by atoms with Crippen molar-refractivity contribution in [2.45, 2.75) is 57.8 Å². The van der Waals surface area contributed by atoms with Crippen LogP contribution in [0, 0.1) is 0 Å². The second kappa shape index (κ2) is 11.6. The highest BCUT2D eigenvalue weighted by Gasteiger charge is 2.38. The fourth-order valence-electron chi connectivity index (χ4n) is 5.47. The Kier molecular flexibility index (Phi) is 8.74. The van der Waals surface area contributed by atoms with Gasteiger partial charge < -0.3 is 0 Å². The summed E-state index contributed by atoms with van der Waals surface area (Å²) in [5.74, 6) is 0. The van der Waals surface area contributed by atoms with Crippen LogP contribution in [-0.2, 0) is 5.41 Å². The van der Waals surface area contributed by atoms with Crippen molar-refractivity contribution in [1.29, 1.82) is 0 Å². The average Bonchev–Trinajstić information content (AvgIpc) is 2.90. The van der Waals surface area contributed by atoms with E-state index in [1.54, 1.807) is 0 Å². The van der Waals surface area contributed by atoms with E-state index in [0.717, 1.165) is 0 Å². The molecule has 0 saturated heterocycles. The van der Waals surface area contributed by atoms with Gasteiger partial charge in [0.2, 0.25) is 0 Å². The maximum absolute atomic E-state index is 2.42. The van der Waals surface area contributed by atoms with Crippen molar-refractivity contribution in [3.63, 3.8) is 0 Å². The van der Waals surface area contributed by atoms with Crippen LogP contribution in [0.3, 0.4) is 0 Å². The quantitative estimate of drug-likeness (QED) is 0.217. The minimum absolute atomic E-state index is 0.345. The first-order valence-corrected chi connectivity index (χ1v) is 25.6. The summed E-state index contributed by atoms with van der Waals surface area (Å²) in [5, 5.41) is 6.12. The Balaban J connectivity index is 2.05. The van der Waals surface area contributed by atoms with E-state index in [-0.39, 0.29) is 5.41 Å². The minimum atomic E-state index is -0.866. The molecule has 4 aromatic carbocycles. The number of hydrogen-bond acceptors (Lipinski definition) is 0.